The minimum atomic E-state index is -0.484. The Morgan fingerprint density at radius 2 is 2.26 bits per heavy atom. The number of nitrogens with zero attached hydrogens (tertiary/aromatic N) is 3. The third-order valence-corrected chi connectivity index (χ3v) is 3.84. The minimum absolute atomic E-state index is 0.210. The maximum absolute atomic E-state index is 11.5. The molecule has 1 unspecified atom stereocenters. The van der Waals surface area contributed by atoms with Crippen molar-refractivity contribution in [2.24, 2.45) is 0 Å². The highest BCUT2D eigenvalue weighted by Crippen LogP contribution is 2.28. The first kappa shape index (κ1) is 13.9. The second kappa shape index (κ2) is 5.21. The third-order valence-electron chi connectivity index (χ3n) is 3.84. The van der Waals surface area contributed by atoms with E-state index in [2.05, 4.69) is 28.6 Å². The van der Waals surface area contributed by atoms with Gasteiger partial charge in [0.05, 0.1) is 7.11 Å². The summed E-state index contributed by atoms with van der Waals surface area (Å²) in [5.74, 6) is 0.650. The Bertz CT molecular complexity index is 479. The molecule has 0 bridgehead atoms. The number of methoxy groups -OCH3 is 1. The first-order valence-corrected chi connectivity index (χ1v) is 6.58. The third kappa shape index (κ3) is 2.73. The molecule has 0 radical (unpaired) electrons. The summed E-state index contributed by atoms with van der Waals surface area (Å²) in [5.41, 5.74) is 6.21. The van der Waals surface area contributed by atoms with Gasteiger partial charge in [0.1, 0.15) is 11.6 Å². The molecule has 1 fully saturated rings. The number of carbonyl (C=O) groups excluding carboxylic acids is 1. The van der Waals surface area contributed by atoms with Crippen LogP contribution in [0.3, 0.4) is 0 Å². The van der Waals surface area contributed by atoms with Crippen LogP contribution in [0.15, 0.2) is 0 Å². The van der Waals surface area contributed by atoms with E-state index in [0.29, 0.717) is 17.9 Å². The monoisotopic (exact) mass is 266 g/mol. The molecule has 6 heteroatoms. The molecule has 106 valence electrons. The number of rotatable bonds is 5. The van der Waals surface area contributed by atoms with Crippen molar-refractivity contribution >= 4 is 11.8 Å². The van der Waals surface area contributed by atoms with Gasteiger partial charge in [-0.25, -0.2) is 9.78 Å². The van der Waals surface area contributed by atoms with Gasteiger partial charge in [0.25, 0.3) is 0 Å². The maximum atomic E-state index is 11.5. The molecule has 0 amide bonds. The van der Waals surface area contributed by atoms with Crippen LogP contribution in [0.25, 0.3) is 0 Å². The first-order chi connectivity index (χ1) is 8.95. The molecule has 1 aromatic heterocycles. The smallest absolute Gasteiger partial charge is 0.360 e. The molecule has 1 aliphatic carbocycles. The van der Waals surface area contributed by atoms with Gasteiger partial charge in [0, 0.05) is 18.6 Å². The highest BCUT2D eigenvalue weighted by Gasteiger charge is 2.30. The van der Waals surface area contributed by atoms with Crippen LogP contribution in [0.2, 0.25) is 0 Å². The van der Waals surface area contributed by atoms with Crippen LogP contribution in [0.4, 0.5) is 5.82 Å². The number of hydrogen-bond acceptors (Lipinski definition) is 5. The van der Waals surface area contributed by atoms with E-state index >= 15 is 0 Å². The summed E-state index contributed by atoms with van der Waals surface area (Å²) in [6.45, 7) is 4.75. The second-order valence-electron chi connectivity index (χ2n) is 5.24. The summed E-state index contributed by atoms with van der Waals surface area (Å²) in [4.78, 5) is 18.1. The lowest BCUT2D eigenvalue weighted by molar-refractivity contribution is 0.0595. The van der Waals surface area contributed by atoms with Crippen molar-refractivity contribution in [3.63, 3.8) is 0 Å². The van der Waals surface area contributed by atoms with Gasteiger partial charge >= 0.3 is 5.97 Å². The molecule has 1 aliphatic rings. The fourth-order valence-electron chi connectivity index (χ4n) is 2.29. The lowest BCUT2D eigenvalue weighted by atomic mass is 10.3. The average Bonchev–Trinajstić information content (AvgIpc) is 3.19. The number of imidazole rings is 1. The number of carbonyl (C=O) groups is 1. The molecule has 0 aromatic carbocycles. The summed E-state index contributed by atoms with van der Waals surface area (Å²) in [5, 5.41) is 0. The molecular weight excluding hydrogens is 244 g/mol. The van der Waals surface area contributed by atoms with Gasteiger partial charge in [-0.15, -0.1) is 0 Å². The molecule has 0 spiro atoms. The van der Waals surface area contributed by atoms with Gasteiger partial charge in [-0.3, -0.25) is 4.90 Å². The number of aryl methyl sites for hydroxylation is 1. The Labute approximate surface area is 113 Å². The standard InChI is InChI=1S/C13H22N4O2/c1-8(16(3)10-5-6-10)7-17-9(2)15-11(12(17)14)13(18)19-4/h8,10H,5-7,14H2,1-4H3. The van der Waals surface area contributed by atoms with Crippen LogP contribution < -0.4 is 5.73 Å². The van der Waals surface area contributed by atoms with E-state index in [0.717, 1.165) is 12.4 Å². The Hall–Kier alpha value is -1.56. The highest BCUT2D eigenvalue weighted by molar-refractivity contribution is 5.92. The number of nitrogens with two attached hydrogens (primary N) is 1. The molecule has 19 heavy (non-hydrogen) atoms. The fourth-order valence-corrected chi connectivity index (χ4v) is 2.29. The van der Waals surface area contributed by atoms with Crippen molar-refractivity contribution in [1.29, 1.82) is 0 Å². The normalized spacial score (nSPS) is 16.7. The van der Waals surface area contributed by atoms with Crippen molar-refractivity contribution in [3.8, 4) is 0 Å². The van der Waals surface area contributed by atoms with Crippen molar-refractivity contribution in [1.82, 2.24) is 14.5 Å². The first-order valence-electron chi connectivity index (χ1n) is 6.58. The largest absolute Gasteiger partial charge is 0.464 e. The number of nitrogen functional groups attached to an aromatic ring is 1. The van der Waals surface area contributed by atoms with Crippen LogP contribution in [0.1, 0.15) is 36.1 Å². The van der Waals surface area contributed by atoms with Crippen LogP contribution in [-0.2, 0) is 11.3 Å². The van der Waals surface area contributed by atoms with E-state index < -0.39 is 5.97 Å². The van der Waals surface area contributed by atoms with Gasteiger partial charge in [-0.2, -0.15) is 0 Å². The molecule has 0 saturated heterocycles. The van der Waals surface area contributed by atoms with Gasteiger partial charge in [0.15, 0.2) is 5.69 Å². The van der Waals surface area contributed by atoms with E-state index in [1.165, 1.54) is 20.0 Å². The fraction of sp³-hybridized carbons (Fsp3) is 0.692. The maximum Gasteiger partial charge on any atom is 0.360 e. The number of hydrogen-bond donors (Lipinski definition) is 1. The van der Waals surface area contributed by atoms with Crippen LogP contribution >= 0.6 is 0 Å². The summed E-state index contributed by atoms with van der Waals surface area (Å²) >= 11 is 0. The number of esters is 1. The zero-order valence-corrected chi connectivity index (χ0v) is 12.0. The molecule has 2 N–H and O–H groups in total. The number of anilines is 1. The van der Waals surface area contributed by atoms with Gasteiger partial charge in [-0.1, -0.05) is 0 Å². The van der Waals surface area contributed by atoms with Crippen LogP contribution in [-0.4, -0.2) is 46.7 Å². The topological polar surface area (TPSA) is 73.4 Å². The SMILES string of the molecule is COC(=O)c1nc(C)n(CC(C)N(C)C2CC2)c1N. The summed E-state index contributed by atoms with van der Waals surface area (Å²) < 4.78 is 6.57. The van der Waals surface area contributed by atoms with Gasteiger partial charge < -0.3 is 15.0 Å². The van der Waals surface area contributed by atoms with Crippen molar-refractivity contribution in [2.75, 3.05) is 19.9 Å². The molecule has 0 aliphatic heterocycles. The van der Waals surface area contributed by atoms with E-state index in [-0.39, 0.29) is 5.69 Å². The van der Waals surface area contributed by atoms with Crippen molar-refractivity contribution < 1.29 is 9.53 Å². The lowest BCUT2D eigenvalue weighted by Crippen LogP contribution is -2.35. The predicted molar refractivity (Wildman–Crippen MR) is 73.0 cm³/mol. The van der Waals surface area contributed by atoms with Crippen LogP contribution in [0, 0.1) is 6.92 Å². The highest BCUT2D eigenvalue weighted by atomic mass is 16.5. The van der Waals surface area contributed by atoms with E-state index in [1.54, 1.807) is 0 Å². The zero-order valence-electron chi connectivity index (χ0n) is 12.0. The van der Waals surface area contributed by atoms with Gasteiger partial charge in [0.2, 0.25) is 0 Å². The summed E-state index contributed by atoms with van der Waals surface area (Å²) in [7, 11) is 3.46. The van der Waals surface area contributed by atoms with E-state index in [9.17, 15) is 4.79 Å². The molecule has 6 nitrogen and oxygen atoms in total. The number of likely N-dealkylation sites (N-methyl/N-ethyl adjacent to an activating group) is 1. The summed E-state index contributed by atoms with van der Waals surface area (Å²) in [6.07, 6.45) is 2.54. The molecule has 1 heterocycles. The van der Waals surface area contributed by atoms with Crippen molar-refractivity contribution in [2.45, 2.75) is 45.3 Å². The second-order valence-corrected chi connectivity index (χ2v) is 5.24. The Morgan fingerprint density at radius 1 is 1.63 bits per heavy atom. The zero-order chi connectivity index (χ0) is 14.2. The molecule has 2 rings (SSSR count). The minimum Gasteiger partial charge on any atom is -0.464 e. The Balaban J connectivity index is 2.15. The number of aromatic nitrogens is 2. The lowest BCUT2D eigenvalue weighted by Gasteiger charge is -2.25. The Morgan fingerprint density at radius 3 is 2.79 bits per heavy atom. The number of ether oxygens (including phenoxy) is 1. The molecule has 1 atom stereocenters. The molecule has 1 aromatic rings. The van der Waals surface area contributed by atoms with E-state index in [1.807, 2.05) is 11.5 Å². The van der Waals surface area contributed by atoms with Crippen LogP contribution in [0.5, 0.6) is 0 Å². The van der Waals surface area contributed by atoms with E-state index in [4.69, 9.17) is 5.73 Å². The summed E-state index contributed by atoms with van der Waals surface area (Å²) in [6, 6.07) is 1.05. The average molecular weight is 266 g/mol. The van der Waals surface area contributed by atoms with Crippen molar-refractivity contribution in [3.05, 3.63) is 11.5 Å². The Kier molecular flexibility index (Phi) is 3.80. The predicted octanol–water partition coefficient (Wildman–Crippen LogP) is 1.04. The quantitative estimate of drug-likeness (QED) is 0.806. The molecular formula is C13H22N4O2. The molecule has 1 saturated carbocycles. The van der Waals surface area contributed by atoms with Gasteiger partial charge in [-0.05, 0) is 33.7 Å².